The zero-order valence-corrected chi connectivity index (χ0v) is 8.77. The molecule has 0 aliphatic rings. The second-order valence-electron chi connectivity index (χ2n) is 3.16. The van der Waals surface area contributed by atoms with Gasteiger partial charge in [-0.15, -0.1) is 5.10 Å². The van der Waals surface area contributed by atoms with Gasteiger partial charge in [0.05, 0.1) is 16.9 Å². The first-order valence-electron chi connectivity index (χ1n) is 4.35. The number of carbonyl (C=O) groups excluding carboxylic acids is 1. The van der Waals surface area contributed by atoms with Crippen LogP contribution < -0.4 is 0 Å². The average Bonchev–Trinajstić information content (AvgIpc) is 2.66. The first-order chi connectivity index (χ1) is 7.20. The highest BCUT2D eigenvalue weighted by atomic mass is 35.5. The number of rotatable bonds is 2. The maximum atomic E-state index is 10.4. The van der Waals surface area contributed by atoms with Crippen LogP contribution >= 0.6 is 11.6 Å². The van der Waals surface area contributed by atoms with E-state index >= 15 is 0 Å². The predicted octanol–water partition coefficient (Wildman–Crippen LogP) is 2.04. The van der Waals surface area contributed by atoms with E-state index in [0.717, 1.165) is 5.56 Å². The molecular weight excluding hydrogens is 214 g/mol. The van der Waals surface area contributed by atoms with Crippen LogP contribution in [0.2, 0.25) is 5.02 Å². The van der Waals surface area contributed by atoms with Gasteiger partial charge in [-0.25, -0.2) is 4.68 Å². The topological polar surface area (TPSA) is 47.8 Å². The van der Waals surface area contributed by atoms with Gasteiger partial charge in [-0.3, -0.25) is 4.79 Å². The Labute approximate surface area is 91.5 Å². The molecule has 0 aliphatic carbocycles. The normalized spacial score (nSPS) is 10.3. The van der Waals surface area contributed by atoms with Crippen molar-refractivity contribution in [2.75, 3.05) is 0 Å². The molecule has 2 aromatic rings. The third-order valence-corrected chi connectivity index (χ3v) is 2.28. The van der Waals surface area contributed by atoms with Crippen molar-refractivity contribution in [1.29, 1.82) is 0 Å². The van der Waals surface area contributed by atoms with Crippen molar-refractivity contribution >= 4 is 17.9 Å². The number of aldehydes is 1. The Kier molecular flexibility index (Phi) is 2.51. The van der Waals surface area contributed by atoms with Gasteiger partial charge >= 0.3 is 0 Å². The van der Waals surface area contributed by atoms with Crippen LogP contribution in [0, 0.1) is 6.92 Å². The van der Waals surface area contributed by atoms with E-state index in [9.17, 15) is 4.79 Å². The number of benzene rings is 1. The molecule has 0 saturated heterocycles. The molecule has 0 atom stereocenters. The SMILES string of the molecule is Cc1ccc(-n2cc(C=O)nn2)c(Cl)c1. The molecule has 5 heteroatoms. The molecule has 76 valence electrons. The summed E-state index contributed by atoms with van der Waals surface area (Å²) in [7, 11) is 0. The number of hydrogen-bond donors (Lipinski definition) is 0. The highest BCUT2D eigenvalue weighted by Gasteiger charge is 2.05. The van der Waals surface area contributed by atoms with Crippen molar-refractivity contribution in [2.24, 2.45) is 0 Å². The fourth-order valence-electron chi connectivity index (χ4n) is 1.25. The lowest BCUT2D eigenvalue weighted by molar-refractivity contribution is 0.111. The summed E-state index contributed by atoms with van der Waals surface area (Å²) in [5, 5.41) is 8.04. The molecule has 1 aromatic carbocycles. The van der Waals surface area contributed by atoms with Crippen LogP contribution in [0.1, 0.15) is 16.1 Å². The lowest BCUT2D eigenvalue weighted by atomic mass is 10.2. The Morgan fingerprint density at radius 1 is 1.47 bits per heavy atom. The zero-order valence-electron chi connectivity index (χ0n) is 8.01. The maximum absolute atomic E-state index is 10.4. The summed E-state index contributed by atoms with van der Waals surface area (Å²) >= 11 is 6.04. The van der Waals surface area contributed by atoms with Gasteiger partial charge in [-0.05, 0) is 24.6 Å². The molecule has 0 radical (unpaired) electrons. The van der Waals surface area contributed by atoms with Crippen LogP contribution in [0.4, 0.5) is 0 Å². The Morgan fingerprint density at radius 2 is 2.27 bits per heavy atom. The molecule has 0 fully saturated rings. The fourth-order valence-corrected chi connectivity index (χ4v) is 1.57. The molecule has 2 rings (SSSR count). The van der Waals surface area contributed by atoms with E-state index in [4.69, 9.17) is 11.6 Å². The molecule has 0 N–H and O–H groups in total. The number of halogens is 1. The smallest absolute Gasteiger partial charge is 0.171 e. The van der Waals surface area contributed by atoms with Gasteiger partial charge in [0.1, 0.15) is 5.69 Å². The number of aromatic nitrogens is 3. The Balaban J connectivity index is 2.49. The van der Waals surface area contributed by atoms with Crippen molar-refractivity contribution in [3.8, 4) is 5.69 Å². The molecule has 0 saturated carbocycles. The minimum atomic E-state index is 0.284. The van der Waals surface area contributed by atoms with Crippen LogP contribution in [0.25, 0.3) is 5.69 Å². The molecule has 1 aromatic heterocycles. The average molecular weight is 222 g/mol. The minimum absolute atomic E-state index is 0.284. The maximum Gasteiger partial charge on any atom is 0.171 e. The second-order valence-corrected chi connectivity index (χ2v) is 3.57. The first kappa shape index (κ1) is 9.86. The molecule has 0 bridgehead atoms. The van der Waals surface area contributed by atoms with Crippen molar-refractivity contribution in [3.63, 3.8) is 0 Å². The van der Waals surface area contributed by atoms with E-state index in [0.29, 0.717) is 17.0 Å². The van der Waals surface area contributed by atoms with Gasteiger partial charge in [0.25, 0.3) is 0 Å². The predicted molar refractivity (Wildman–Crippen MR) is 56.5 cm³/mol. The summed E-state index contributed by atoms with van der Waals surface area (Å²) in [5.41, 5.74) is 2.06. The Bertz CT molecular complexity index is 507. The van der Waals surface area contributed by atoms with Crippen LogP contribution in [-0.2, 0) is 0 Å². The van der Waals surface area contributed by atoms with Crippen LogP contribution in [0.15, 0.2) is 24.4 Å². The van der Waals surface area contributed by atoms with Gasteiger partial charge in [0.15, 0.2) is 6.29 Å². The third-order valence-electron chi connectivity index (χ3n) is 1.98. The number of aryl methyl sites for hydroxylation is 1. The third kappa shape index (κ3) is 1.89. The number of nitrogens with zero attached hydrogens (tertiary/aromatic N) is 3. The summed E-state index contributed by atoms with van der Waals surface area (Å²) < 4.78 is 1.48. The summed E-state index contributed by atoms with van der Waals surface area (Å²) in [6.07, 6.45) is 2.18. The van der Waals surface area contributed by atoms with Gasteiger partial charge in [-0.2, -0.15) is 0 Å². The molecule has 15 heavy (non-hydrogen) atoms. The van der Waals surface area contributed by atoms with Crippen molar-refractivity contribution in [3.05, 3.63) is 40.7 Å². The highest BCUT2D eigenvalue weighted by Crippen LogP contribution is 2.20. The van der Waals surface area contributed by atoms with E-state index in [-0.39, 0.29) is 5.69 Å². The standard InChI is InChI=1S/C10H8ClN3O/c1-7-2-3-10(9(11)4-7)14-5-8(6-15)12-13-14/h2-6H,1H3. The van der Waals surface area contributed by atoms with Gasteiger partial charge in [0.2, 0.25) is 0 Å². The minimum Gasteiger partial charge on any atom is -0.296 e. The summed E-state index contributed by atoms with van der Waals surface area (Å²) in [4.78, 5) is 10.4. The Hall–Kier alpha value is -1.68. The molecule has 0 spiro atoms. The molecule has 0 amide bonds. The quantitative estimate of drug-likeness (QED) is 0.730. The van der Waals surface area contributed by atoms with Crippen LogP contribution in [0.5, 0.6) is 0 Å². The Morgan fingerprint density at radius 3 is 2.87 bits per heavy atom. The van der Waals surface area contributed by atoms with E-state index in [1.165, 1.54) is 10.9 Å². The van der Waals surface area contributed by atoms with Crippen LogP contribution in [0.3, 0.4) is 0 Å². The zero-order chi connectivity index (χ0) is 10.8. The monoisotopic (exact) mass is 221 g/mol. The van der Waals surface area contributed by atoms with Gasteiger partial charge < -0.3 is 0 Å². The molecular formula is C10H8ClN3O. The van der Waals surface area contributed by atoms with E-state index in [2.05, 4.69) is 10.3 Å². The molecule has 0 unspecified atom stereocenters. The summed E-state index contributed by atoms with van der Waals surface area (Å²) in [6, 6.07) is 5.59. The van der Waals surface area contributed by atoms with Crippen molar-refractivity contribution in [1.82, 2.24) is 15.0 Å². The fraction of sp³-hybridized carbons (Fsp3) is 0.100. The second kappa shape index (κ2) is 3.82. The summed E-state index contributed by atoms with van der Waals surface area (Å²) in [5.74, 6) is 0. The van der Waals surface area contributed by atoms with Crippen LogP contribution in [-0.4, -0.2) is 21.3 Å². The molecule has 0 aliphatic heterocycles. The van der Waals surface area contributed by atoms with Crippen molar-refractivity contribution < 1.29 is 4.79 Å². The largest absolute Gasteiger partial charge is 0.296 e. The van der Waals surface area contributed by atoms with E-state index < -0.39 is 0 Å². The van der Waals surface area contributed by atoms with E-state index in [1.54, 1.807) is 0 Å². The number of hydrogen-bond acceptors (Lipinski definition) is 3. The van der Waals surface area contributed by atoms with Crippen molar-refractivity contribution in [2.45, 2.75) is 6.92 Å². The number of carbonyl (C=O) groups is 1. The molecule has 4 nitrogen and oxygen atoms in total. The van der Waals surface area contributed by atoms with Gasteiger partial charge in [0, 0.05) is 0 Å². The first-order valence-corrected chi connectivity index (χ1v) is 4.72. The lowest BCUT2D eigenvalue weighted by Crippen LogP contribution is -1.96. The highest BCUT2D eigenvalue weighted by molar-refractivity contribution is 6.32. The molecule has 1 heterocycles. The van der Waals surface area contributed by atoms with Gasteiger partial charge in [-0.1, -0.05) is 22.9 Å². The lowest BCUT2D eigenvalue weighted by Gasteiger charge is -2.03. The summed E-state index contributed by atoms with van der Waals surface area (Å²) in [6.45, 7) is 1.95. The van der Waals surface area contributed by atoms with E-state index in [1.807, 2.05) is 25.1 Å².